The van der Waals surface area contributed by atoms with Gasteiger partial charge in [-0.05, 0) is 43.7 Å². The maximum atomic E-state index is 12.5. The molecule has 1 aliphatic heterocycles. The molecule has 0 atom stereocenters. The molecule has 0 saturated carbocycles. The van der Waals surface area contributed by atoms with E-state index in [0.29, 0.717) is 36.7 Å². The van der Waals surface area contributed by atoms with Crippen LogP contribution < -0.4 is 14.8 Å². The van der Waals surface area contributed by atoms with Crippen LogP contribution in [-0.4, -0.2) is 45.9 Å². The van der Waals surface area contributed by atoms with Gasteiger partial charge in [0.2, 0.25) is 0 Å². The van der Waals surface area contributed by atoms with Crippen molar-refractivity contribution in [3.8, 4) is 5.75 Å². The van der Waals surface area contributed by atoms with Crippen molar-refractivity contribution in [3.63, 3.8) is 0 Å². The monoisotopic (exact) mass is 471 g/mol. The Kier molecular flexibility index (Phi) is 8.20. The summed E-state index contributed by atoms with van der Waals surface area (Å²) in [5.41, 5.74) is 0.962. The highest BCUT2D eigenvalue weighted by Gasteiger charge is 2.19. The molecule has 174 valence electrons. The van der Waals surface area contributed by atoms with Crippen molar-refractivity contribution in [1.82, 2.24) is 4.72 Å². The minimum absolute atomic E-state index is 0.0113. The summed E-state index contributed by atoms with van der Waals surface area (Å²) in [4.78, 5) is 28.2. The summed E-state index contributed by atoms with van der Waals surface area (Å²) in [7, 11) is -3.81. The summed E-state index contributed by atoms with van der Waals surface area (Å²) < 4.78 is 37.9. The molecular formula is C23H25N3O6S. The molecule has 2 aromatic rings. The zero-order chi connectivity index (χ0) is 23.7. The maximum absolute atomic E-state index is 12.5. The summed E-state index contributed by atoms with van der Waals surface area (Å²) in [6.07, 6.45) is 4.13. The van der Waals surface area contributed by atoms with Gasteiger partial charge in [-0.2, -0.15) is 0 Å². The third kappa shape index (κ3) is 7.18. The quantitative estimate of drug-likeness (QED) is 0.428. The van der Waals surface area contributed by atoms with Crippen LogP contribution in [0.3, 0.4) is 0 Å². The van der Waals surface area contributed by atoms with Gasteiger partial charge in [0.05, 0.1) is 11.5 Å². The standard InChI is InChI=1S/C23H25N3O6S/c1-2-31-20-10-4-3-7-17(20)12-13-23(28)32-16-22(27)25-18-8-5-9-19(15-18)33(29,30)26-21-11-6-14-24-21/h3-5,7-10,12-13,15H,2,6,11,14,16H2,1H3,(H,24,26)(H,25,27)/b13-12+. The summed E-state index contributed by atoms with van der Waals surface area (Å²) >= 11 is 0. The molecule has 3 rings (SSSR count). The van der Waals surface area contributed by atoms with E-state index in [-0.39, 0.29) is 10.6 Å². The molecule has 0 fully saturated rings. The molecule has 33 heavy (non-hydrogen) atoms. The van der Waals surface area contributed by atoms with Gasteiger partial charge in [0, 0.05) is 30.3 Å². The smallest absolute Gasteiger partial charge is 0.331 e. The third-order valence-electron chi connectivity index (χ3n) is 4.52. The van der Waals surface area contributed by atoms with E-state index in [9.17, 15) is 18.0 Å². The number of carbonyl (C=O) groups is 2. The van der Waals surface area contributed by atoms with Crippen molar-refractivity contribution in [2.45, 2.75) is 24.7 Å². The van der Waals surface area contributed by atoms with E-state index in [2.05, 4.69) is 15.0 Å². The van der Waals surface area contributed by atoms with Crippen molar-refractivity contribution in [3.05, 3.63) is 60.2 Å². The van der Waals surface area contributed by atoms with E-state index in [1.165, 1.54) is 30.3 Å². The van der Waals surface area contributed by atoms with E-state index >= 15 is 0 Å². The highest BCUT2D eigenvalue weighted by molar-refractivity contribution is 7.90. The van der Waals surface area contributed by atoms with Crippen LogP contribution in [0.4, 0.5) is 5.69 Å². The summed E-state index contributed by atoms with van der Waals surface area (Å²) in [6, 6.07) is 13.0. The molecule has 1 amide bonds. The molecule has 0 spiro atoms. The number of benzene rings is 2. The van der Waals surface area contributed by atoms with Gasteiger partial charge in [-0.25, -0.2) is 13.2 Å². The van der Waals surface area contributed by atoms with E-state index in [1.54, 1.807) is 18.2 Å². The summed E-state index contributed by atoms with van der Waals surface area (Å²) in [6.45, 7) is 2.42. The average Bonchev–Trinajstić information content (AvgIpc) is 3.30. The first-order valence-corrected chi connectivity index (χ1v) is 11.9. The third-order valence-corrected chi connectivity index (χ3v) is 5.90. The number of amides is 1. The van der Waals surface area contributed by atoms with Gasteiger partial charge in [-0.3, -0.25) is 14.5 Å². The van der Waals surface area contributed by atoms with Gasteiger partial charge >= 0.3 is 5.97 Å². The maximum Gasteiger partial charge on any atom is 0.331 e. The second kappa shape index (κ2) is 11.3. The van der Waals surface area contributed by atoms with Crippen LogP contribution >= 0.6 is 0 Å². The first-order chi connectivity index (χ1) is 15.9. The average molecular weight is 472 g/mol. The molecule has 0 radical (unpaired) electrons. The molecule has 2 N–H and O–H groups in total. The summed E-state index contributed by atoms with van der Waals surface area (Å²) in [5.74, 6) is -0.247. The number of hydrogen-bond donors (Lipinski definition) is 2. The van der Waals surface area contributed by atoms with Crippen LogP contribution in [0.1, 0.15) is 25.3 Å². The Bertz CT molecular complexity index is 1170. The van der Waals surface area contributed by atoms with Crippen LogP contribution in [0.2, 0.25) is 0 Å². The number of para-hydroxylation sites is 1. The predicted molar refractivity (Wildman–Crippen MR) is 125 cm³/mol. The minimum Gasteiger partial charge on any atom is -0.493 e. The number of ether oxygens (including phenoxy) is 2. The Hall–Kier alpha value is -3.66. The first-order valence-electron chi connectivity index (χ1n) is 10.4. The second-order valence-corrected chi connectivity index (χ2v) is 8.71. The second-order valence-electron chi connectivity index (χ2n) is 7.03. The lowest BCUT2D eigenvalue weighted by Crippen LogP contribution is -2.29. The molecule has 9 nitrogen and oxygen atoms in total. The van der Waals surface area contributed by atoms with Crippen molar-refractivity contribution >= 4 is 39.5 Å². The number of anilines is 1. The molecule has 0 aliphatic carbocycles. The fourth-order valence-corrected chi connectivity index (χ4v) is 4.16. The summed E-state index contributed by atoms with van der Waals surface area (Å²) in [5, 5.41) is 2.52. The van der Waals surface area contributed by atoms with E-state index in [4.69, 9.17) is 9.47 Å². The lowest BCUT2D eigenvalue weighted by molar-refractivity contribution is -0.142. The number of aliphatic imine (C=N–C) groups is 1. The largest absolute Gasteiger partial charge is 0.493 e. The number of sulfonamides is 1. The fraction of sp³-hybridized carbons (Fsp3) is 0.261. The molecule has 0 aromatic heterocycles. The Morgan fingerprint density at radius 3 is 2.73 bits per heavy atom. The number of nitrogens with one attached hydrogen (secondary N) is 2. The Labute approximate surface area is 192 Å². The zero-order valence-electron chi connectivity index (χ0n) is 18.1. The van der Waals surface area contributed by atoms with Gasteiger partial charge < -0.3 is 14.8 Å². The first kappa shape index (κ1) is 24.0. The van der Waals surface area contributed by atoms with Gasteiger partial charge in [0.15, 0.2) is 6.61 Å². The molecule has 1 aliphatic rings. The van der Waals surface area contributed by atoms with Crippen LogP contribution in [0, 0.1) is 0 Å². The van der Waals surface area contributed by atoms with E-state index in [0.717, 1.165) is 6.42 Å². The van der Waals surface area contributed by atoms with E-state index < -0.39 is 28.5 Å². The minimum atomic E-state index is -3.81. The van der Waals surface area contributed by atoms with Gasteiger partial charge in [-0.15, -0.1) is 0 Å². The SMILES string of the molecule is CCOc1ccccc1/C=C/C(=O)OCC(=O)Nc1cccc(S(=O)(=O)NC2=NCCC2)c1. The molecule has 0 saturated heterocycles. The lowest BCUT2D eigenvalue weighted by atomic mass is 10.2. The van der Waals surface area contributed by atoms with Crippen LogP contribution in [-0.2, 0) is 24.3 Å². The van der Waals surface area contributed by atoms with Crippen molar-refractivity contribution < 1.29 is 27.5 Å². The fourth-order valence-electron chi connectivity index (χ4n) is 3.02. The van der Waals surface area contributed by atoms with Gasteiger partial charge in [-0.1, -0.05) is 24.3 Å². The topological polar surface area (TPSA) is 123 Å². The van der Waals surface area contributed by atoms with Crippen LogP contribution in [0.5, 0.6) is 5.75 Å². The van der Waals surface area contributed by atoms with Crippen molar-refractivity contribution in [2.24, 2.45) is 4.99 Å². The molecule has 0 bridgehead atoms. The zero-order valence-corrected chi connectivity index (χ0v) is 18.9. The van der Waals surface area contributed by atoms with Crippen molar-refractivity contribution in [2.75, 3.05) is 25.1 Å². The molecular weight excluding hydrogens is 446 g/mol. The number of nitrogens with zero attached hydrogens (tertiary/aromatic N) is 1. The normalized spacial score (nSPS) is 13.4. The highest BCUT2D eigenvalue weighted by Crippen LogP contribution is 2.19. The van der Waals surface area contributed by atoms with E-state index in [1.807, 2.05) is 19.1 Å². The van der Waals surface area contributed by atoms with Crippen LogP contribution in [0.15, 0.2) is 64.5 Å². The number of carbonyl (C=O) groups excluding carboxylic acids is 2. The van der Waals surface area contributed by atoms with Gasteiger partial charge in [0.25, 0.3) is 15.9 Å². The number of hydrogen-bond acceptors (Lipinski definition) is 7. The lowest BCUT2D eigenvalue weighted by Gasteiger charge is -2.10. The number of esters is 1. The number of amidine groups is 1. The molecule has 0 unspecified atom stereocenters. The van der Waals surface area contributed by atoms with Gasteiger partial charge in [0.1, 0.15) is 11.6 Å². The van der Waals surface area contributed by atoms with Crippen LogP contribution in [0.25, 0.3) is 6.08 Å². The molecule has 1 heterocycles. The Balaban J connectivity index is 1.54. The Morgan fingerprint density at radius 2 is 1.97 bits per heavy atom. The Morgan fingerprint density at radius 1 is 1.15 bits per heavy atom. The molecule has 2 aromatic carbocycles. The highest BCUT2D eigenvalue weighted by atomic mass is 32.2. The number of rotatable bonds is 9. The predicted octanol–water partition coefficient (Wildman–Crippen LogP) is 2.75. The van der Waals surface area contributed by atoms with Crippen molar-refractivity contribution in [1.29, 1.82) is 0 Å². The molecule has 10 heteroatoms.